The molecule has 1 N–H and O–H groups in total. The summed E-state index contributed by atoms with van der Waals surface area (Å²) < 4.78 is 1.69. The molecular formula is C20H18N6OS. The van der Waals surface area contributed by atoms with Crippen LogP contribution in [0.25, 0.3) is 16.4 Å². The summed E-state index contributed by atoms with van der Waals surface area (Å²) >= 11 is 1.49. The second-order valence-corrected chi connectivity index (χ2v) is 7.11. The molecule has 140 valence electrons. The molecule has 28 heavy (non-hydrogen) atoms. The van der Waals surface area contributed by atoms with Crippen molar-refractivity contribution >= 4 is 17.2 Å². The molecule has 7 nitrogen and oxygen atoms in total. The molecule has 1 atom stereocenters. The van der Waals surface area contributed by atoms with Gasteiger partial charge in [-0.1, -0.05) is 18.2 Å². The number of amides is 1. The van der Waals surface area contributed by atoms with Gasteiger partial charge in [0.2, 0.25) is 5.91 Å². The summed E-state index contributed by atoms with van der Waals surface area (Å²) in [5.74, 6) is -0.0641. The zero-order chi connectivity index (χ0) is 19.3. The van der Waals surface area contributed by atoms with Crippen molar-refractivity contribution in [1.29, 1.82) is 0 Å². The number of aromatic nitrogens is 5. The van der Waals surface area contributed by atoms with E-state index in [1.165, 1.54) is 17.7 Å². The standard InChI is InChI=1S/C20H18N6OS/c1-14(15-5-7-17(8-6-15)26-13-21-12-23-26)24-19(27)10-16-11-28-20(25-16)18-4-2-3-9-22-18/h2-9,11-14H,10H2,1H3,(H,24,27)/t14-/m0/s1. The Kier molecular flexibility index (Phi) is 5.20. The number of thiazole rings is 1. The van der Waals surface area contributed by atoms with Crippen molar-refractivity contribution in [2.45, 2.75) is 19.4 Å². The van der Waals surface area contributed by atoms with Gasteiger partial charge in [-0.05, 0) is 36.8 Å². The Morgan fingerprint density at radius 3 is 2.79 bits per heavy atom. The van der Waals surface area contributed by atoms with Crippen molar-refractivity contribution in [2.24, 2.45) is 0 Å². The smallest absolute Gasteiger partial charge is 0.226 e. The van der Waals surface area contributed by atoms with Gasteiger partial charge in [-0.25, -0.2) is 14.6 Å². The maximum Gasteiger partial charge on any atom is 0.226 e. The third kappa shape index (κ3) is 4.12. The molecule has 4 aromatic rings. The minimum Gasteiger partial charge on any atom is -0.349 e. The van der Waals surface area contributed by atoms with Crippen LogP contribution in [0.5, 0.6) is 0 Å². The molecule has 0 saturated carbocycles. The van der Waals surface area contributed by atoms with E-state index in [0.29, 0.717) is 0 Å². The summed E-state index contributed by atoms with van der Waals surface area (Å²) in [6.07, 6.45) is 5.12. The minimum absolute atomic E-state index is 0.0641. The van der Waals surface area contributed by atoms with Crippen molar-refractivity contribution in [2.75, 3.05) is 0 Å². The molecule has 1 aromatic carbocycles. The second kappa shape index (κ2) is 8.10. The predicted octanol–water partition coefficient (Wildman–Crippen LogP) is 3.21. The van der Waals surface area contributed by atoms with Gasteiger partial charge in [0, 0.05) is 11.6 Å². The first-order chi connectivity index (χ1) is 13.7. The van der Waals surface area contributed by atoms with Crippen LogP contribution >= 0.6 is 11.3 Å². The molecule has 3 aromatic heterocycles. The van der Waals surface area contributed by atoms with Crippen LogP contribution in [0.4, 0.5) is 0 Å². The summed E-state index contributed by atoms with van der Waals surface area (Å²) in [5.41, 5.74) is 3.51. The van der Waals surface area contributed by atoms with Gasteiger partial charge in [0.25, 0.3) is 0 Å². The van der Waals surface area contributed by atoms with Crippen LogP contribution in [-0.2, 0) is 11.2 Å². The SMILES string of the molecule is C[C@H](NC(=O)Cc1csc(-c2ccccn2)n1)c1ccc(-n2cncn2)cc1. The summed E-state index contributed by atoms with van der Waals surface area (Å²) in [6.45, 7) is 1.96. The van der Waals surface area contributed by atoms with Crippen LogP contribution in [0.15, 0.2) is 66.7 Å². The Labute approximate surface area is 166 Å². The highest BCUT2D eigenvalue weighted by atomic mass is 32.1. The first kappa shape index (κ1) is 18.0. The van der Waals surface area contributed by atoms with Gasteiger partial charge in [0.15, 0.2) is 0 Å². The lowest BCUT2D eigenvalue weighted by Gasteiger charge is -2.14. The van der Waals surface area contributed by atoms with E-state index in [4.69, 9.17) is 0 Å². The largest absolute Gasteiger partial charge is 0.349 e. The van der Waals surface area contributed by atoms with Gasteiger partial charge in [-0.3, -0.25) is 9.78 Å². The lowest BCUT2D eigenvalue weighted by Crippen LogP contribution is -2.28. The molecule has 0 aliphatic rings. The first-order valence-electron chi connectivity index (χ1n) is 8.79. The van der Waals surface area contributed by atoms with E-state index in [1.807, 2.05) is 54.8 Å². The van der Waals surface area contributed by atoms with Gasteiger partial charge in [-0.15, -0.1) is 11.3 Å². The van der Waals surface area contributed by atoms with Crippen LogP contribution in [0, 0.1) is 0 Å². The second-order valence-electron chi connectivity index (χ2n) is 6.26. The maximum absolute atomic E-state index is 12.4. The average Bonchev–Trinajstić information content (AvgIpc) is 3.41. The molecule has 1 amide bonds. The van der Waals surface area contributed by atoms with Crippen molar-refractivity contribution in [3.63, 3.8) is 0 Å². The van der Waals surface area contributed by atoms with Crippen molar-refractivity contribution in [3.8, 4) is 16.4 Å². The highest BCUT2D eigenvalue weighted by Crippen LogP contribution is 2.22. The Morgan fingerprint density at radius 1 is 1.21 bits per heavy atom. The summed E-state index contributed by atoms with van der Waals surface area (Å²) in [6, 6.07) is 13.4. The van der Waals surface area contributed by atoms with Crippen LogP contribution in [0.1, 0.15) is 24.2 Å². The Bertz CT molecular complexity index is 1040. The lowest BCUT2D eigenvalue weighted by molar-refractivity contribution is -0.121. The summed E-state index contributed by atoms with van der Waals surface area (Å²) in [5, 5.41) is 9.85. The van der Waals surface area contributed by atoms with Crippen molar-refractivity contribution in [1.82, 2.24) is 30.0 Å². The number of carbonyl (C=O) groups excluding carboxylic acids is 1. The number of benzene rings is 1. The van der Waals surface area contributed by atoms with E-state index in [0.717, 1.165) is 27.6 Å². The van der Waals surface area contributed by atoms with Gasteiger partial charge in [0.05, 0.1) is 29.5 Å². The molecule has 0 bridgehead atoms. The van der Waals surface area contributed by atoms with Gasteiger partial charge < -0.3 is 5.32 Å². The van der Waals surface area contributed by atoms with E-state index < -0.39 is 0 Å². The molecule has 0 radical (unpaired) electrons. The van der Waals surface area contributed by atoms with Gasteiger partial charge in [0.1, 0.15) is 17.7 Å². The highest BCUT2D eigenvalue weighted by molar-refractivity contribution is 7.13. The van der Waals surface area contributed by atoms with E-state index in [1.54, 1.807) is 17.2 Å². The topological polar surface area (TPSA) is 85.6 Å². The highest BCUT2D eigenvalue weighted by Gasteiger charge is 2.13. The average molecular weight is 390 g/mol. The molecule has 8 heteroatoms. The number of hydrogen-bond donors (Lipinski definition) is 1. The normalized spacial score (nSPS) is 11.9. The maximum atomic E-state index is 12.4. The van der Waals surface area contributed by atoms with E-state index in [-0.39, 0.29) is 18.4 Å². The van der Waals surface area contributed by atoms with Crippen LogP contribution in [-0.4, -0.2) is 30.6 Å². The van der Waals surface area contributed by atoms with Crippen molar-refractivity contribution < 1.29 is 4.79 Å². The predicted molar refractivity (Wildman–Crippen MR) is 107 cm³/mol. The molecule has 0 unspecified atom stereocenters. The number of pyridine rings is 1. The number of hydrogen-bond acceptors (Lipinski definition) is 6. The Hall–Kier alpha value is -3.39. The molecule has 0 aliphatic heterocycles. The fourth-order valence-corrected chi connectivity index (χ4v) is 3.59. The Morgan fingerprint density at radius 2 is 2.07 bits per heavy atom. The van der Waals surface area contributed by atoms with Crippen LogP contribution < -0.4 is 5.32 Å². The van der Waals surface area contributed by atoms with Gasteiger partial charge >= 0.3 is 0 Å². The van der Waals surface area contributed by atoms with E-state index in [2.05, 4.69) is 25.4 Å². The Balaban J connectivity index is 1.36. The summed E-state index contributed by atoms with van der Waals surface area (Å²) in [4.78, 5) is 25.2. The third-order valence-electron chi connectivity index (χ3n) is 4.23. The molecule has 0 spiro atoms. The zero-order valence-electron chi connectivity index (χ0n) is 15.2. The number of nitrogens with one attached hydrogen (secondary N) is 1. The van der Waals surface area contributed by atoms with Gasteiger partial charge in [-0.2, -0.15) is 5.10 Å². The van der Waals surface area contributed by atoms with E-state index in [9.17, 15) is 4.79 Å². The first-order valence-corrected chi connectivity index (χ1v) is 9.67. The van der Waals surface area contributed by atoms with Crippen LogP contribution in [0.3, 0.4) is 0 Å². The zero-order valence-corrected chi connectivity index (χ0v) is 16.0. The fourth-order valence-electron chi connectivity index (χ4n) is 2.79. The molecule has 4 rings (SSSR count). The molecule has 0 saturated heterocycles. The quantitative estimate of drug-likeness (QED) is 0.546. The van der Waals surface area contributed by atoms with Crippen molar-refractivity contribution in [3.05, 3.63) is 78.0 Å². The number of nitrogens with zero attached hydrogens (tertiary/aromatic N) is 5. The minimum atomic E-state index is -0.105. The fraction of sp³-hybridized carbons (Fsp3) is 0.150. The van der Waals surface area contributed by atoms with Crippen LogP contribution in [0.2, 0.25) is 0 Å². The number of carbonyl (C=O) groups is 1. The summed E-state index contributed by atoms with van der Waals surface area (Å²) in [7, 11) is 0. The third-order valence-corrected chi connectivity index (χ3v) is 5.14. The lowest BCUT2D eigenvalue weighted by atomic mass is 10.1. The monoisotopic (exact) mass is 390 g/mol. The number of rotatable bonds is 6. The molecular weight excluding hydrogens is 372 g/mol. The molecule has 0 aliphatic carbocycles. The molecule has 3 heterocycles. The molecule has 0 fully saturated rings. The van der Waals surface area contributed by atoms with E-state index >= 15 is 0 Å².